The molecule has 0 aliphatic carbocycles. The number of aliphatic hydroxyl groups is 1. The van der Waals surface area contributed by atoms with Gasteiger partial charge < -0.3 is 16.2 Å². The lowest BCUT2D eigenvalue weighted by atomic mass is 9.94. The van der Waals surface area contributed by atoms with Gasteiger partial charge in [-0.2, -0.15) is 0 Å². The van der Waals surface area contributed by atoms with Crippen molar-refractivity contribution in [1.82, 2.24) is 0 Å². The van der Waals surface area contributed by atoms with E-state index in [-0.39, 0.29) is 0 Å². The van der Waals surface area contributed by atoms with E-state index in [9.17, 15) is 5.11 Å². The summed E-state index contributed by atoms with van der Waals surface area (Å²) >= 11 is 0. The topological polar surface area (TPSA) is 58.3 Å². The van der Waals surface area contributed by atoms with Crippen molar-refractivity contribution in [2.24, 2.45) is 5.92 Å². The number of hydrogen-bond donors (Lipinski definition) is 3. The van der Waals surface area contributed by atoms with Gasteiger partial charge in [-0.3, -0.25) is 0 Å². The Morgan fingerprint density at radius 3 is 2.59 bits per heavy atom. The third kappa shape index (κ3) is 4.65. The molecule has 1 atom stereocenters. The van der Waals surface area contributed by atoms with Crippen molar-refractivity contribution in [3.8, 4) is 0 Å². The SMILES string of the molecule is Cc1cc(NCC(C)(O)CC(C)C)ccc1N. The van der Waals surface area contributed by atoms with Gasteiger partial charge in [-0.05, 0) is 49.9 Å². The summed E-state index contributed by atoms with van der Waals surface area (Å²) in [4.78, 5) is 0. The van der Waals surface area contributed by atoms with Gasteiger partial charge in [0.15, 0.2) is 0 Å². The molecule has 1 aromatic carbocycles. The fraction of sp³-hybridized carbons (Fsp3) is 0.571. The van der Waals surface area contributed by atoms with E-state index in [1.54, 1.807) is 0 Å². The number of rotatable bonds is 5. The minimum absolute atomic E-state index is 0.486. The number of aryl methyl sites for hydroxylation is 1. The molecule has 0 spiro atoms. The number of hydrogen-bond acceptors (Lipinski definition) is 3. The maximum Gasteiger partial charge on any atom is 0.0793 e. The third-order valence-corrected chi connectivity index (χ3v) is 2.79. The molecule has 0 bridgehead atoms. The molecule has 0 aromatic heterocycles. The molecule has 0 fully saturated rings. The van der Waals surface area contributed by atoms with E-state index in [0.29, 0.717) is 12.5 Å². The molecule has 96 valence electrons. The number of nitrogens with two attached hydrogens (primary N) is 1. The standard InChI is InChI=1S/C14H24N2O/c1-10(2)8-14(4,17)9-16-12-5-6-13(15)11(3)7-12/h5-7,10,16-17H,8-9,15H2,1-4H3. The first-order valence-corrected chi connectivity index (χ1v) is 6.12. The maximum atomic E-state index is 10.2. The fourth-order valence-electron chi connectivity index (χ4n) is 2.03. The van der Waals surface area contributed by atoms with E-state index in [1.165, 1.54) is 0 Å². The van der Waals surface area contributed by atoms with Crippen LogP contribution in [0.15, 0.2) is 18.2 Å². The summed E-state index contributed by atoms with van der Waals surface area (Å²) in [6.07, 6.45) is 0.786. The fourth-order valence-corrected chi connectivity index (χ4v) is 2.03. The van der Waals surface area contributed by atoms with Crippen LogP contribution in [0.5, 0.6) is 0 Å². The molecule has 17 heavy (non-hydrogen) atoms. The lowest BCUT2D eigenvalue weighted by Crippen LogP contribution is -2.34. The summed E-state index contributed by atoms with van der Waals surface area (Å²) in [6.45, 7) is 8.62. The highest BCUT2D eigenvalue weighted by Crippen LogP contribution is 2.20. The quantitative estimate of drug-likeness (QED) is 0.689. The monoisotopic (exact) mass is 236 g/mol. The van der Waals surface area contributed by atoms with Crippen molar-refractivity contribution in [1.29, 1.82) is 0 Å². The molecule has 4 N–H and O–H groups in total. The van der Waals surface area contributed by atoms with Gasteiger partial charge in [0.25, 0.3) is 0 Å². The summed E-state index contributed by atoms with van der Waals surface area (Å²) < 4.78 is 0. The van der Waals surface area contributed by atoms with Crippen molar-refractivity contribution in [2.75, 3.05) is 17.6 Å². The van der Waals surface area contributed by atoms with Gasteiger partial charge in [-0.15, -0.1) is 0 Å². The van der Waals surface area contributed by atoms with Crippen LogP contribution in [0.1, 0.15) is 32.8 Å². The predicted molar refractivity (Wildman–Crippen MR) is 74.2 cm³/mol. The summed E-state index contributed by atoms with van der Waals surface area (Å²) in [5, 5.41) is 13.4. The first-order chi connectivity index (χ1) is 7.80. The number of benzene rings is 1. The van der Waals surface area contributed by atoms with Gasteiger partial charge in [0.1, 0.15) is 0 Å². The number of nitrogens with one attached hydrogen (secondary N) is 1. The van der Waals surface area contributed by atoms with Crippen molar-refractivity contribution < 1.29 is 5.11 Å². The van der Waals surface area contributed by atoms with Crippen LogP contribution in [0.4, 0.5) is 11.4 Å². The molecule has 0 radical (unpaired) electrons. The Labute approximate surface area is 104 Å². The van der Waals surface area contributed by atoms with E-state index in [2.05, 4.69) is 19.2 Å². The molecule has 1 rings (SSSR count). The molecule has 0 amide bonds. The molecule has 1 unspecified atom stereocenters. The predicted octanol–water partition coefficient (Wildman–Crippen LogP) is 2.79. The van der Waals surface area contributed by atoms with E-state index < -0.39 is 5.60 Å². The molecule has 0 aliphatic rings. The zero-order valence-corrected chi connectivity index (χ0v) is 11.2. The zero-order chi connectivity index (χ0) is 13.1. The summed E-state index contributed by atoms with van der Waals surface area (Å²) in [5.74, 6) is 0.486. The molecular formula is C14H24N2O. The maximum absolute atomic E-state index is 10.2. The Morgan fingerprint density at radius 2 is 2.06 bits per heavy atom. The largest absolute Gasteiger partial charge is 0.399 e. The Hall–Kier alpha value is -1.22. The summed E-state index contributed by atoms with van der Waals surface area (Å²) in [6, 6.07) is 5.82. The van der Waals surface area contributed by atoms with Crippen LogP contribution in [-0.2, 0) is 0 Å². The van der Waals surface area contributed by atoms with Crippen molar-refractivity contribution in [3.05, 3.63) is 23.8 Å². The van der Waals surface area contributed by atoms with Gasteiger partial charge in [0.2, 0.25) is 0 Å². The third-order valence-electron chi connectivity index (χ3n) is 2.79. The smallest absolute Gasteiger partial charge is 0.0793 e. The average molecular weight is 236 g/mol. The molecule has 0 saturated heterocycles. The Bertz CT molecular complexity index is 372. The van der Waals surface area contributed by atoms with E-state index in [4.69, 9.17) is 5.73 Å². The number of anilines is 2. The van der Waals surface area contributed by atoms with E-state index in [0.717, 1.165) is 23.4 Å². The van der Waals surface area contributed by atoms with Gasteiger partial charge >= 0.3 is 0 Å². The van der Waals surface area contributed by atoms with Crippen LogP contribution in [0.3, 0.4) is 0 Å². The van der Waals surface area contributed by atoms with E-state index >= 15 is 0 Å². The Morgan fingerprint density at radius 1 is 1.41 bits per heavy atom. The molecule has 3 heteroatoms. The lowest BCUT2D eigenvalue weighted by Gasteiger charge is -2.26. The highest BCUT2D eigenvalue weighted by atomic mass is 16.3. The Balaban J connectivity index is 2.58. The van der Waals surface area contributed by atoms with Crippen LogP contribution in [0, 0.1) is 12.8 Å². The minimum atomic E-state index is -0.677. The van der Waals surface area contributed by atoms with Gasteiger partial charge in [-0.1, -0.05) is 13.8 Å². The summed E-state index contributed by atoms with van der Waals surface area (Å²) in [5.41, 5.74) is 7.93. The zero-order valence-electron chi connectivity index (χ0n) is 11.2. The molecule has 0 saturated carbocycles. The normalized spacial score (nSPS) is 14.7. The average Bonchev–Trinajstić information content (AvgIpc) is 2.18. The molecule has 0 aliphatic heterocycles. The second kappa shape index (κ2) is 5.41. The highest BCUT2D eigenvalue weighted by Gasteiger charge is 2.21. The van der Waals surface area contributed by atoms with Crippen LogP contribution in [0.2, 0.25) is 0 Å². The minimum Gasteiger partial charge on any atom is -0.399 e. The van der Waals surface area contributed by atoms with Crippen LogP contribution in [0.25, 0.3) is 0 Å². The van der Waals surface area contributed by atoms with E-state index in [1.807, 2.05) is 32.0 Å². The molecular weight excluding hydrogens is 212 g/mol. The van der Waals surface area contributed by atoms with Crippen molar-refractivity contribution >= 4 is 11.4 Å². The number of nitrogen functional groups attached to an aromatic ring is 1. The molecule has 1 aromatic rings. The second-order valence-corrected chi connectivity index (χ2v) is 5.52. The van der Waals surface area contributed by atoms with Crippen LogP contribution >= 0.6 is 0 Å². The first-order valence-electron chi connectivity index (χ1n) is 6.12. The van der Waals surface area contributed by atoms with Gasteiger partial charge in [-0.25, -0.2) is 0 Å². The van der Waals surface area contributed by atoms with Crippen molar-refractivity contribution in [3.63, 3.8) is 0 Å². The van der Waals surface area contributed by atoms with Crippen LogP contribution < -0.4 is 11.1 Å². The van der Waals surface area contributed by atoms with Gasteiger partial charge in [0.05, 0.1) is 5.60 Å². The van der Waals surface area contributed by atoms with Gasteiger partial charge in [0, 0.05) is 17.9 Å². The molecule has 0 heterocycles. The van der Waals surface area contributed by atoms with Crippen molar-refractivity contribution in [2.45, 2.75) is 39.7 Å². The highest BCUT2D eigenvalue weighted by molar-refractivity contribution is 5.56. The first kappa shape index (κ1) is 13.8. The second-order valence-electron chi connectivity index (χ2n) is 5.52. The summed E-state index contributed by atoms with van der Waals surface area (Å²) in [7, 11) is 0. The lowest BCUT2D eigenvalue weighted by molar-refractivity contribution is 0.0515. The Kier molecular flexibility index (Phi) is 4.40. The van der Waals surface area contributed by atoms with Crippen LogP contribution in [-0.4, -0.2) is 17.3 Å². The molecule has 3 nitrogen and oxygen atoms in total.